The summed E-state index contributed by atoms with van der Waals surface area (Å²) in [5, 5.41) is 3.13. The fourth-order valence-electron chi connectivity index (χ4n) is 2.47. The molecule has 0 bridgehead atoms. The van der Waals surface area contributed by atoms with Crippen LogP contribution >= 0.6 is 11.6 Å². The lowest BCUT2D eigenvalue weighted by atomic mass is 10.1. The number of hydrogen-bond acceptors (Lipinski definition) is 4. The highest BCUT2D eigenvalue weighted by Crippen LogP contribution is 2.22. The molecule has 126 valence electrons. The number of rotatable bonds is 4. The van der Waals surface area contributed by atoms with Gasteiger partial charge in [-0.05, 0) is 50.1 Å². The predicted octanol–water partition coefficient (Wildman–Crippen LogP) is 3.64. The van der Waals surface area contributed by atoms with Crippen LogP contribution in [0.25, 0.3) is 0 Å². The molecule has 1 amide bonds. The summed E-state index contributed by atoms with van der Waals surface area (Å²) in [6.07, 6.45) is 0. The van der Waals surface area contributed by atoms with Crippen LogP contribution in [0, 0.1) is 20.8 Å². The number of amides is 1. The Morgan fingerprint density at radius 1 is 1.12 bits per heavy atom. The smallest absolute Gasteiger partial charge is 0.340 e. The molecular formula is C18H19ClN2O3. The van der Waals surface area contributed by atoms with Crippen molar-refractivity contribution in [3.05, 3.63) is 57.6 Å². The van der Waals surface area contributed by atoms with Crippen LogP contribution in [0.2, 0.25) is 5.02 Å². The predicted molar refractivity (Wildman–Crippen MR) is 95.4 cm³/mol. The standard InChI is InChI=1S/C18H19ClN2O3/c1-10-6-11(2)17(12(3)7-10)21-16(22)9-24-18(23)14-8-13(19)4-5-15(14)20/h4-8H,9,20H2,1-3H3,(H,21,22). The van der Waals surface area contributed by atoms with E-state index >= 15 is 0 Å². The summed E-state index contributed by atoms with van der Waals surface area (Å²) in [5.74, 6) is -1.11. The van der Waals surface area contributed by atoms with E-state index in [1.54, 1.807) is 6.07 Å². The minimum atomic E-state index is -0.692. The molecule has 0 heterocycles. The van der Waals surface area contributed by atoms with E-state index in [9.17, 15) is 9.59 Å². The maximum absolute atomic E-state index is 12.0. The van der Waals surface area contributed by atoms with Crippen LogP contribution in [0.1, 0.15) is 27.0 Å². The number of halogens is 1. The number of carbonyl (C=O) groups excluding carboxylic acids is 2. The van der Waals surface area contributed by atoms with Crippen molar-refractivity contribution >= 4 is 34.9 Å². The van der Waals surface area contributed by atoms with E-state index < -0.39 is 18.5 Å². The number of nitrogens with one attached hydrogen (secondary N) is 1. The summed E-state index contributed by atoms with van der Waals surface area (Å²) < 4.78 is 5.01. The number of anilines is 2. The Hall–Kier alpha value is -2.53. The molecule has 0 saturated carbocycles. The van der Waals surface area contributed by atoms with Gasteiger partial charge in [-0.25, -0.2) is 4.79 Å². The largest absolute Gasteiger partial charge is 0.452 e. The first kappa shape index (κ1) is 17.8. The van der Waals surface area contributed by atoms with Gasteiger partial charge in [-0.15, -0.1) is 0 Å². The highest BCUT2D eigenvalue weighted by atomic mass is 35.5. The van der Waals surface area contributed by atoms with Crippen molar-refractivity contribution < 1.29 is 14.3 Å². The summed E-state index contributed by atoms with van der Waals surface area (Å²) in [5.41, 5.74) is 9.84. The summed E-state index contributed by atoms with van der Waals surface area (Å²) in [4.78, 5) is 24.1. The van der Waals surface area contributed by atoms with Crippen LogP contribution < -0.4 is 11.1 Å². The molecule has 24 heavy (non-hydrogen) atoms. The maximum Gasteiger partial charge on any atom is 0.340 e. The molecular weight excluding hydrogens is 328 g/mol. The summed E-state index contributed by atoms with van der Waals surface area (Å²) >= 11 is 5.84. The van der Waals surface area contributed by atoms with Crippen LogP contribution in [-0.4, -0.2) is 18.5 Å². The number of ether oxygens (including phenoxy) is 1. The third-order valence-electron chi connectivity index (χ3n) is 3.51. The Labute approximate surface area is 145 Å². The third kappa shape index (κ3) is 4.26. The van der Waals surface area contributed by atoms with Crippen LogP contribution in [0.5, 0.6) is 0 Å². The first-order valence-corrected chi connectivity index (χ1v) is 7.75. The molecule has 0 aromatic heterocycles. The normalized spacial score (nSPS) is 10.3. The first-order valence-electron chi connectivity index (χ1n) is 7.37. The topological polar surface area (TPSA) is 81.4 Å². The molecule has 0 aliphatic carbocycles. The molecule has 0 atom stereocenters. The van der Waals surface area contributed by atoms with Gasteiger partial charge in [0.2, 0.25) is 0 Å². The number of nitrogen functional groups attached to an aromatic ring is 1. The molecule has 0 saturated heterocycles. The van der Waals surface area contributed by atoms with Crippen molar-refractivity contribution in [1.29, 1.82) is 0 Å². The molecule has 3 N–H and O–H groups in total. The Bertz CT molecular complexity index is 780. The van der Waals surface area contributed by atoms with Gasteiger partial charge in [0.15, 0.2) is 6.61 Å². The molecule has 0 radical (unpaired) electrons. The van der Waals surface area contributed by atoms with Gasteiger partial charge in [0.1, 0.15) is 0 Å². The number of aryl methyl sites for hydroxylation is 3. The van der Waals surface area contributed by atoms with Gasteiger partial charge in [0.05, 0.1) is 5.56 Å². The zero-order chi connectivity index (χ0) is 17.9. The second-order valence-corrected chi connectivity index (χ2v) is 6.07. The Balaban J connectivity index is 2.01. The van der Waals surface area contributed by atoms with Gasteiger partial charge >= 0.3 is 5.97 Å². The summed E-state index contributed by atoms with van der Waals surface area (Å²) in [6.45, 7) is 5.41. The fraction of sp³-hybridized carbons (Fsp3) is 0.222. The van der Waals surface area contributed by atoms with Gasteiger partial charge in [-0.3, -0.25) is 4.79 Å². The van der Waals surface area contributed by atoms with Gasteiger partial charge in [0, 0.05) is 16.4 Å². The number of carbonyl (C=O) groups is 2. The van der Waals surface area contributed by atoms with Crippen LogP contribution in [0.3, 0.4) is 0 Å². The van der Waals surface area contributed by atoms with Crippen molar-refractivity contribution in [1.82, 2.24) is 0 Å². The van der Waals surface area contributed by atoms with Crippen molar-refractivity contribution in [2.75, 3.05) is 17.7 Å². The number of benzene rings is 2. The second-order valence-electron chi connectivity index (χ2n) is 5.63. The molecule has 2 aromatic carbocycles. The summed E-state index contributed by atoms with van der Waals surface area (Å²) in [7, 11) is 0. The molecule has 2 rings (SSSR count). The zero-order valence-corrected chi connectivity index (χ0v) is 14.5. The second kappa shape index (κ2) is 7.36. The van der Waals surface area contributed by atoms with Crippen LogP contribution in [-0.2, 0) is 9.53 Å². The van der Waals surface area contributed by atoms with Crippen molar-refractivity contribution in [3.8, 4) is 0 Å². The minimum absolute atomic E-state index is 0.137. The molecule has 0 spiro atoms. The fourth-order valence-corrected chi connectivity index (χ4v) is 2.64. The lowest BCUT2D eigenvalue weighted by Gasteiger charge is -2.13. The molecule has 0 unspecified atom stereocenters. The molecule has 2 aromatic rings. The van der Waals surface area contributed by atoms with Crippen LogP contribution in [0.4, 0.5) is 11.4 Å². The number of nitrogens with two attached hydrogens (primary N) is 1. The van der Waals surface area contributed by atoms with E-state index in [1.807, 2.05) is 32.9 Å². The van der Waals surface area contributed by atoms with Gasteiger partial charge in [-0.1, -0.05) is 29.3 Å². The average molecular weight is 347 g/mol. The number of hydrogen-bond donors (Lipinski definition) is 2. The van der Waals surface area contributed by atoms with E-state index in [2.05, 4.69) is 5.32 Å². The van der Waals surface area contributed by atoms with Crippen molar-refractivity contribution in [2.24, 2.45) is 0 Å². The van der Waals surface area contributed by atoms with E-state index in [4.69, 9.17) is 22.1 Å². The van der Waals surface area contributed by atoms with Crippen molar-refractivity contribution in [2.45, 2.75) is 20.8 Å². The summed E-state index contributed by atoms with van der Waals surface area (Å²) in [6, 6.07) is 8.44. The first-order chi connectivity index (χ1) is 11.3. The number of esters is 1. The highest BCUT2D eigenvalue weighted by molar-refractivity contribution is 6.31. The Morgan fingerprint density at radius 3 is 2.38 bits per heavy atom. The Kier molecular flexibility index (Phi) is 5.46. The lowest BCUT2D eigenvalue weighted by Crippen LogP contribution is -2.22. The molecule has 0 aliphatic heterocycles. The molecule has 0 aliphatic rings. The zero-order valence-electron chi connectivity index (χ0n) is 13.8. The van der Waals surface area contributed by atoms with E-state index in [-0.39, 0.29) is 11.3 Å². The quantitative estimate of drug-likeness (QED) is 0.654. The van der Waals surface area contributed by atoms with Crippen LogP contribution in [0.15, 0.2) is 30.3 Å². The lowest BCUT2D eigenvalue weighted by molar-refractivity contribution is -0.119. The third-order valence-corrected chi connectivity index (χ3v) is 3.75. The van der Waals surface area contributed by atoms with E-state index in [0.29, 0.717) is 5.02 Å². The minimum Gasteiger partial charge on any atom is -0.452 e. The molecule has 6 heteroatoms. The van der Waals surface area contributed by atoms with Gasteiger partial charge in [0.25, 0.3) is 5.91 Å². The monoisotopic (exact) mass is 346 g/mol. The average Bonchev–Trinajstić information content (AvgIpc) is 2.50. The maximum atomic E-state index is 12.0. The van der Waals surface area contributed by atoms with E-state index in [1.165, 1.54) is 12.1 Å². The molecule has 5 nitrogen and oxygen atoms in total. The molecule has 0 fully saturated rings. The van der Waals surface area contributed by atoms with Crippen molar-refractivity contribution in [3.63, 3.8) is 0 Å². The van der Waals surface area contributed by atoms with E-state index in [0.717, 1.165) is 22.4 Å². The Morgan fingerprint density at radius 2 is 1.75 bits per heavy atom. The van der Waals surface area contributed by atoms with Gasteiger partial charge < -0.3 is 15.8 Å². The highest BCUT2D eigenvalue weighted by Gasteiger charge is 2.15. The SMILES string of the molecule is Cc1cc(C)c(NC(=O)COC(=O)c2cc(Cl)ccc2N)c(C)c1. The van der Waals surface area contributed by atoms with Gasteiger partial charge in [-0.2, -0.15) is 0 Å².